The summed E-state index contributed by atoms with van der Waals surface area (Å²) in [6.07, 6.45) is 30.8. The van der Waals surface area contributed by atoms with Crippen LogP contribution in [-0.4, -0.2) is 237 Å². The molecule has 0 bridgehead atoms. The number of Topliss-reactive ketones (excluding diaryl/α,β-unsaturated/α-hetero) is 3. The van der Waals surface area contributed by atoms with Crippen molar-refractivity contribution < 1.29 is 137 Å². The lowest BCUT2D eigenvalue weighted by Gasteiger charge is -2.63. The fourth-order valence-corrected chi connectivity index (χ4v) is 36.5. The van der Waals surface area contributed by atoms with Gasteiger partial charge in [0.15, 0.2) is 75.1 Å². The third kappa shape index (κ3) is 17.0. The Balaban J connectivity index is 0.000000154. The van der Waals surface area contributed by atoms with E-state index >= 15 is 13.2 Å². The highest BCUT2D eigenvalue weighted by molar-refractivity contribution is 8.13. The molecule has 39 atom stereocenters. The number of fused-ring (bicyclic) bond motifs is 25. The summed E-state index contributed by atoms with van der Waals surface area (Å²) < 4.78 is 80.9. The first-order valence-electron chi connectivity index (χ1n) is 53.5. The predicted molar refractivity (Wildman–Crippen MR) is 548 cm³/mol. The molecule has 20 rings (SSSR count). The van der Waals surface area contributed by atoms with Gasteiger partial charge in [0.2, 0.25) is 5.12 Å². The predicted octanol–water partition coefficient (Wildman–Crippen LogP) is 15.3. The number of hydrogen-bond acceptors (Lipinski definition) is 25. The quantitative estimate of drug-likeness (QED) is 0.0333. The number of hydrogen-bond donors (Lipinski definition) is 11. The van der Waals surface area contributed by atoms with Crippen molar-refractivity contribution in [3.8, 4) is 0 Å². The smallest absolute Gasteiger partial charge is 0.306 e. The molecule has 15 fully saturated rings. The number of halogens is 4. The molecule has 147 heavy (non-hydrogen) atoms. The van der Waals surface area contributed by atoms with Crippen LogP contribution in [0.25, 0.3) is 0 Å². The molecule has 0 spiro atoms. The summed E-state index contributed by atoms with van der Waals surface area (Å²) in [5.41, 5.74) is -12.8. The van der Waals surface area contributed by atoms with E-state index in [4.69, 9.17) is 14.2 Å². The molecule has 14 saturated carbocycles. The number of carbonyl (C=O) groups excluding carboxylic acids is 10. The summed E-state index contributed by atoms with van der Waals surface area (Å²) in [5, 5.41) is 117. The van der Waals surface area contributed by atoms with Crippen molar-refractivity contribution >= 4 is 77.5 Å². The minimum absolute atomic E-state index is 0. The normalized spacial score (nSPS) is 48.1. The average molecular weight is 2070 g/mol. The van der Waals surface area contributed by atoms with Gasteiger partial charge in [0.1, 0.15) is 43.2 Å². The molecule has 1 aliphatic heterocycles. The first-order chi connectivity index (χ1) is 67.9. The van der Waals surface area contributed by atoms with Gasteiger partial charge in [-0.25, -0.2) is 17.6 Å². The maximum Gasteiger partial charge on any atom is 0.306 e. The van der Waals surface area contributed by atoms with Crippen LogP contribution in [0.4, 0.5) is 17.6 Å². The van der Waals surface area contributed by atoms with Gasteiger partial charge in [0, 0.05) is 94.6 Å². The van der Waals surface area contributed by atoms with E-state index in [0.717, 1.165) is 87.0 Å². The number of aliphatic hydroxyl groups excluding tert-OH is 9. The summed E-state index contributed by atoms with van der Waals surface area (Å²) in [4.78, 5) is 123. The van der Waals surface area contributed by atoms with Gasteiger partial charge in [-0.2, -0.15) is 0 Å². The van der Waals surface area contributed by atoms with Gasteiger partial charge >= 0.3 is 5.97 Å². The fourth-order valence-electron chi connectivity index (χ4n) is 35.8. The van der Waals surface area contributed by atoms with Crippen LogP contribution in [0, 0.1) is 143 Å². The van der Waals surface area contributed by atoms with Crippen LogP contribution in [0.2, 0.25) is 0 Å². The zero-order valence-corrected chi connectivity index (χ0v) is 88.4. The Morgan fingerprint density at radius 2 is 1.02 bits per heavy atom. The Bertz CT molecular complexity index is 5570. The molecule has 0 amide bonds. The Hall–Kier alpha value is -6.75. The van der Waals surface area contributed by atoms with Crippen LogP contribution in [0.3, 0.4) is 0 Å². The van der Waals surface area contributed by atoms with Gasteiger partial charge in [-0.1, -0.05) is 170 Å². The molecule has 30 heteroatoms. The lowest BCUT2D eigenvalue weighted by molar-refractivity contribution is -0.226. The van der Waals surface area contributed by atoms with Crippen LogP contribution in [-0.2, 0) is 62.2 Å². The molecule has 0 aromatic heterocycles. The maximum atomic E-state index is 17.1. The van der Waals surface area contributed by atoms with Crippen molar-refractivity contribution in [3.05, 3.63) is 131 Å². The van der Waals surface area contributed by atoms with Gasteiger partial charge < -0.3 is 70.4 Å². The molecule has 1 heterocycles. The van der Waals surface area contributed by atoms with Crippen LogP contribution < -0.4 is 0 Å². The lowest BCUT2D eigenvalue weighted by atomic mass is 9.44. The monoisotopic (exact) mass is 2070 g/mol. The number of alkyl halides is 4. The van der Waals surface area contributed by atoms with Crippen molar-refractivity contribution in [1.82, 2.24) is 0 Å². The van der Waals surface area contributed by atoms with Gasteiger partial charge in [-0.05, 0) is 303 Å². The molecule has 19 aliphatic carbocycles. The van der Waals surface area contributed by atoms with Crippen molar-refractivity contribution in [3.63, 3.8) is 0 Å². The summed E-state index contributed by atoms with van der Waals surface area (Å²) in [7, 11) is 0. The van der Waals surface area contributed by atoms with Gasteiger partial charge in [-0.3, -0.25) is 47.9 Å². The maximum absolute atomic E-state index is 17.1. The number of ketones is 8. The van der Waals surface area contributed by atoms with E-state index in [1.807, 2.05) is 25.2 Å². The largest absolute Gasteiger partial charge is 0.449 e. The summed E-state index contributed by atoms with van der Waals surface area (Å²) >= 11 is 0.392. The third-order valence-electron chi connectivity index (χ3n) is 43.5. The Morgan fingerprint density at radius 1 is 0.510 bits per heavy atom. The number of ether oxygens (including phenoxy) is 3. The average Bonchev–Trinajstić information content (AvgIpc) is 1.46. The van der Waals surface area contributed by atoms with E-state index < -0.39 is 193 Å². The number of rotatable bonds is 14. The van der Waals surface area contributed by atoms with Gasteiger partial charge in [-0.15, -0.1) is 0 Å². The Labute approximate surface area is 871 Å². The molecule has 1 saturated heterocycles. The number of carbonyl (C=O) groups is 10. The topological polar surface area (TPSA) is 421 Å². The molecular formula is C117H162BF4O24S. The van der Waals surface area contributed by atoms with E-state index in [1.165, 1.54) is 36.8 Å². The minimum atomic E-state index is -2.29. The molecule has 8 unspecified atom stereocenters. The molecule has 3 radical (unpaired) electrons. The summed E-state index contributed by atoms with van der Waals surface area (Å²) in [6, 6.07) is -1.01. The summed E-state index contributed by atoms with van der Waals surface area (Å²) in [5.74, 6) is -3.70. The van der Waals surface area contributed by atoms with E-state index in [2.05, 4.69) is 68.0 Å². The molecule has 24 nitrogen and oxygen atoms in total. The van der Waals surface area contributed by atoms with Crippen LogP contribution in [0.5, 0.6) is 0 Å². The highest BCUT2D eigenvalue weighted by Gasteiger charge is 2.81. The number of aliphatic hydroxyl groups is 11. The molecule has 20 aliphatic rings. The number of esters is 1. The second-order valence-corrected chi connectivity index (χ2v) is 50.5. The third-order valence-corrected chi connectivity index (χ3v) is 44.2. The van der Waals surface area contributed by atoms with Crippen molar-refractivity contribution in [2.24, 2.45) is 143 Å². The SMILES string of the molecule is C.C=C(CO)C1(C)CCCC2C[C@H](C)C3=CC(=O)C=CC3(C)C2C(O)CC1C.CCC(=O)O[C@]1(C(=O)SCF)CC[C@H]2[C@@H]3C[C@H](F)C4=CC(=O)C=C[C@]4(C)[C@@]3(F)[C@@H](O)C[C@@]21C.CCCC1O[C@@H]2C[C@H]3[C@@H]4CCC5=CC(=O)C=C[C@]5(C)[C@H]4[C@@H](O)C[C@]3(C)C2(C(=O)CO)O1.C[C@@H]1C[C@H]2[C@@H]3CCC4=CC(=O)C=C[C@]4(C)[C@@]3(F)[C@@H](O)C[C@]2(C)[C@@]1(O)C(=O)CO.C[C@]12C=CC(=O)C=C1CC[C@@H]1[C@@H]2[C@@H](O)C[C@@]2(C)[C@H]1CC[C@]2(O)C(=O)CO.[2HH].[B]. The Morgan fingerprint density at radius 3 is 1.58 bits per heavy atom. The second-order valence-electron chi connectivity index (χ2n) is 49.6. The zero-order valence-electron chi connectivity index (χ0n) is 87.6. The first kappa shape index (κ1) is 116. The van der Waals surface area contributed by atoms with Crippen LogP contribution in [0.1, 0.15) is 273 Å². The van der Waals surface area contributed by atoms with Gasteiger partial charge in [0.05, 0.1) is 43.2 Å². The van der Waals surface area contributed by atoms with Gasteiger partial charge in [0.25, 0.3) is 0 Å². The van der Waals surface area contributed by atoms with E-state index in [0.29, 0.717) is 87.0 Å². The van der Waals surface area contributed by atoms with E-state index in [1.54, 1.807) is 71.1 Å². The molecule has 0 aromatic rings. The highest BCUT2D eigenvalue weighted by Crippen LogP contribution is 2.76. The van der Waals surface area contributed by atoms with E-state index in [-0.39, 0.29) is 172 Å². The molecular weight excluding hydrogens is 1910 g/mol. The zero-order chi connectivity index (χ0) is 106. The van der Waals surface area contributed by atoms with Crippen molar-refractivity contribution in [1.29, 1.82) is 0 Å². The molecule has 0 aromatic carbocycles. The van der Waals surface area contributed by atoms with Crippen LogP contribution in [0.15, 0.2) is 131 Å². The van der Waals surface area contributed by atoms with Crippen molar-refractivity contribution in [2.75, 3.05) is 32.4 Å². The van der Waals surface area contributed by atoms with Crippen LogP contribution >= 0.6 is 11.8 Å². The highest BCUT2D eigenvalue weighted by atomic mass is 32.2. The Kier molecular flexibility index (Phi) is 32.2. The minimum Gasteiger partial charge on any atom is -0.449 e. The van der Waals surface area contributed by atoms with Crippen molar-refractivity contribution in [2.45, 2.75) is 355 Å². The number of thioether (sulfide) groups is 1. The lowest BCUT2D eigenvalue weighted by Crippen LogP contribution is -2.70. The first-order valence-corrected chi connectivity index (χ1v) is 54.5. The van der Waals surface area contributed by atoms with E-state index in [9.17, 15) is 109 Å². The standard InChI is InChI=1S/C25H34O6.C24H29F3O5S.C24H36O3.C22H29FO5.C21H28O5.CH4.B.H2/c1-4-5-21-30-20-11-17-16-7-6-14-10-15(27)8-9-23(14,2)22(16)18(28)12-24(17,3)25(20,31-21)19(29)13-26;1-4-19(30)32-23(20(31)33-12-25)8-6-14-15-10-17(26)16-9-13(28)5-7-21(16,2)24(15,27)18(29)11-22(14,23)3;1-15-11-18-7-6-9-23(4,17(3)14-25)16(2)12-21(27)22(18)24(5)10-8-19(26)13-20(15)24;1-12-8-16-15-5-4-13-9-14(25)6-7-19(13,2)21(15,23)17(26)10-20(16,3)22(12,28)18(27)11-24;1-19-7-5-13(23)9-12(19)3-4-14-15-6-8-21(26,17(25)11-22)20(15,2)10-16(24)18(14)19;;;/h8-10,16-18,20-22,26,28H,4-7,11-13H2,1-3H3;5,7,9,14-15,17-18,29H,4,6,8,10-12H2,1-3H3;8,10,13,15-16,18,21-22,25,27H,3,6-7,9,11-12,14H2,1-2,4-5H3;6-7,9,12,15-17,24,26,28H,4-5,8,10-11H2,1-3H3;5,7,9,14-16,18,22,24,26H,3-4,6,8,10-11H2,1-2H3;1H4;;1H/t16-,17-,18-,20+,21?,22+,23-,24-,25?;14-,15-,17-,18-,21-,22-,23-,24-;15-,16?,18?,21?,22?,23?,24?;12-,15+,16+,17+,19+,20+,21+,22+;14-,15-,16-,18+,19-,20-,21-;;;/m00010.../s1/i;;;;;;;1+1. The molecule has 811 valence electrons. The second kappa shape index (κ2) is 40.9. The number of allylic oxidation sites excluding steroid dienone is 20. The summed E-state index contributed by atoms with van der Waals surface area (Å²) in [6.45, 7) is 31.2. The molecule has 11 N–H and O–H groups in total. The fraction of sp³-hybridized carbons (Fsp3) is 0.726.